The van der Waals surface area contributed by atoms with Gasteiger partial charge in [-0.1, -0.05) is 26.7 Å². The van der Waals surface area contributed by atoms with Crippen LogP contribution in [0, 0.1) is 11.8 Å². The van der Waals surface area contributed by atoms with Crippen LogP contribution in [-0.4, -0.2) is 13.1 Å². The second-order valence-corrected chi connectivity index (χ2v) is 6.49. The van der Waals surface area contributed by atoms with E-state index in [-0.39, 0.29) is 0 Å². The van der Waals surface area contributed by atoms with Gasteiger partial charge in [-0.2, -0.15) is 11.3 Å². The van der Waals surface area contributed by atoms with E-state index < -0.39 is 0 Å². The summed E-state index contributed by atoms with van der Waals surface area (Å²) in [6.45, 7) is 6.98. The van der Waals surface area contributed by atoms with E-state index in [1.54, 1.807) is 5.56 Å². The van der Waals surface area contributed by atoms with Crippen LogP contribution in [0.1, 0.15) is 57.4 Å². The van der Waals surface area contributed by atoms with Crippen molar-refractivity contribution in [1.29, 1.82) is 0 Å². The SMILES string of the molecule is CCCNCC1CCC(CC)CC1c1ccsc1. The molecule has 0 radical (unpaired) electrons. The molecule has 0 aliphatic heterocycles. The second kappa shape index (κ2) is 7.30. The minimum absolute atomic E-state index is 0.805. The van der Waals surface area contributed by atoms with Crippen LogP contribution >= 0.6 is 11.3 Å². The fourth-order valence-electron chi connectivity index (χ4n) is 3.29. The molecule has 0 amide bonds. The summed E-state index contributed by atoms with van der Waals surface area (Å²) in [6.07, 6.45) is 6.86. The Morgan fingerprint density at radius 3 is 2.89 bits per heavy atom. The quantitative estimate of drug-likeness (QED) is 0.738. The van der Waals surface area contributed by atoms with Crippen molar-refractivity contribution < 1.29 is 0 Å². The van der Waals surface area contributed by atoms with Gasteiger partial charge in [-0.25, -0.2) is 0 Å². The summed E-state index contributed by atoms with van der Waals surface area (Å²) in [5, 5.41) is 8.24. The van der Waals surface area contributed by atoms with Gasteiger partial charge in [-0.3, -0.25) is 0 Å². The standard InChI is InChI=1S/C16H27NS/c1-3-8-17-11-14-6-5-13(4-2)10-16(14)15-7-9-18-12-15/h7,9,12-14,16-17H,3-6,8,10-11H2,1-2H3. The summed E-state index contributed by atoms with van der Waals surface area (Å²) in [7, 11) is 0. The molecule has 0 aromatic carbocycles. The van der Waals surface area contributed by atoms with Crippen LogP contribution in [-0.2, 0) is 0 Å². The molecule has 0 spiro atoms. The number of thiophene rings is 1. The molecule has 1 fully saturated rings. The lowest BCUT2D eigenvalue weighted by Crippen LogP contribution is -2.32. The van der Waals surface area contributed by atoms with Gasteiger partial charge in [0.2, 0.25) is 0 Å². The normalized spacial score (nSPS) is 28.4. The fraction of sp³-hybridized carbons (Fsp3) is 0.750. The van der Waals surface area contributed by atoms with Gasteiger partial charge in [-0.05, 0) is 72.5 Å². The van der Waals surface area contributed by atoms with Crippen LogP contribution in [0.15, 0.2) is 16.8 Å². The highest BCUT2D eigenvalue weighted by atomic mass is 32.1. The largest absolute Gasteiger partial charge is 0.316 e. The maximum absolute atomic E-state index is 3.63. The Morgan fingerprint density at radius 2 is 2.22 bits per heavy atom. The maximum Gasteiger partial charge on any atom is -0.00147 e. The molecule has 102 valence electrons. The van der Waals surface area contributed by atoms with Crippen LogP contribution in [0.2, 0.25) is 0 Å². The van der Waals surface area contributed by atoms with Gasteiger partial charge >= 0.3 is 0 Å². The van der Waals surface area contributed by atoms with E-state index in [2.05, 4.69) is 36.0 Å². The molecule has 1 N–H and O–H groups in total. The molecule has 1 heterocycles. The van der Waals surface area contributed by atoms with Gasteiger partial charge in [0.05, 0.1) is 0 Å². The van der Waals surface area contributed by atoms with Crippen molar-refractivity contribution in [1.82, 2.24) is 5.32 Å². The molecule has 3 unspecified atom stereocenters. The number of nitrogens with one attached hydrogen (secondary N) is 1. The summed E-state index contributed by atoms with van der Waals surface area (Å²) in [6, 6.07) is 2.35. The zero-order chi connectivity index (χ0) is 12.8. The van der Waals surface area contributed by atoms with Crippen molar-refractivity contribution in [3.05, 3.63) is 22.4 Å². The predicted octanol–water partition coefficient (Wildman–Crippen LogP) is 4.66. The van der Waals surface area contributed by atoms with E-state index in [9.17, 15) is 0 Å². The van der Waals surface area contributed by atoms with Gasteiger partial charge in [-0.15, -0.1) is 0 Å². The topological polar surface area (TPSA) is 12.0 Å². The first-order chi connectivity index (χ1) is 8.85. The highest BCUT2D eigenvalue weighted by Crippen LogP contribution is 2.42. The fourth-order valence-corrected chi connectivity index (χ4v) is 4.02. The molecule has 1 aromatic rings. The van der Waals surface area contributed by atoms with E-state index >= 15 is 0 Å². The summed E-state index contributed by atoms with van der Waals surface area (Å²) in [5.41, 5.74) is 1.60. The van der Waals surface area contributed by atoms with E-state index in [0.29, 0.717) is 0 Å². The van der Waals surface area contributed by atoms with Crippen molar-refractivity contribution in [2.75, 3.05) is 13.1 Å². The maximum atomic E-state index is 3.63. The molecule has 1 nitrogen and oxygen atoms in total. The zero-order valence-electron chi connectivity index (χ0n) is 11.8. The molecule has 2 rings (SSSR count). The van der Waals surface area contributed by atoms with E-state index in [0.717, 1.165) is 17.8 Å². The number of hydrogen-bond donors (Lipinski definition) is 1. The predicted molar refractivity (Wildman–Crippen MR) is 81.3 cm³/mol. The minimum Gasteiger partial charge on any atom is -0.316 e. The molecule has 1 aliphatic carbocycles. The smallest absolute Gasteiger partial charge is 0.00147 e. The zero-order valence-corrected chi connectivity index (χ0v) is 12.6. The molecule has 3 atom stereocenters. The van der Waals surface area contributed by atoms with Crippen molar-refractivity contribution in [3.63, 3.8) is 0 Å². The van der Waals surface area contributed by atoms with Crippen molar-refractivity contribution in [2.45, 2.75) is 51.9 Å². The average molecular weight is 265 g/mol. The Morgan fingerprint density at radius 1 is 1.33 bits per heavy atom. The lowest BCUT2D eigenvalue weighted by atomic mass is 9.71. The van der Waals surface area contributed by atoms with E-state index in [4.69, 9.17) is 0 Å². The Hall–Kier alpha value is -0.340. The third-order valence-corrected chi connectivity index (χ3v) is 5.19. The molecule has 0 saturated heterocycles. The van der Waals surface area contributed by atoms with E-state index in [1.165, 1.54) is 45.2 Å². The highest BCUT2D eigenvalue weighted by Gasteiger charge is 2.30. The average Bonchev–Trinajstić information content (AvgIpc) is 2.93. The molecule has 2 heteroatoms. The number of rotatable bonds is 6. The van der Waals surface area contributed by atoms with Gasteiger partial charge < -0.3 is 5.32 Å². The first-order valence-electron chi connectivity index (χ1n) is 7.57. The van der Waals surface area contributed by atoms with Crippen LogP contribution in [0.5, 0.6) is 0 Å². The first-order valence-corrected chi connectivity index (χ1v) is 8.52. The lowest BCUT2D eigenvalue weighted by molar-refractivity contribution is 0.226. The monoisotopic (exact) mass is 265 g/mol. The molecule has 1 aromatic heterocycles. The van der Waals surface area contributed by atoms with Crippen LogP contribution in [0.25, 0.3) is 0 Å². The molecule has 0 bridgehead atoms. The van der Waals surface area contributed by atoms with Gasteiger partial charge in [0.15, 0.2) is 0 Å². The molecular weight excluding hydrogens is 238 g/mol. The van der Waals surface area contributed by atoms with Crippen molar-refractivity contribution in [2.24, 2.45) is 11.8 Å². The van der Waals surface area contributed by atoms with Crippen LogP contribution < -0.4 is 5.32 Å². The third-order valence-electron chi connectivity index (χ3n) is 4.48. The second-order valence-electron chi connectivity index (χ2n) is 5.71. The van der Waals surface area contributed by atoms with Gasteiger partial charge in [0, 0.05) is 0 Å². The Balaban J connectivity index is 1.98. The summed E-state index contributed by atoms with van der Waals surface area (Å²) in [4.78, 5) is 0. The summed E-state index contributed by atoms with van der Waals surface area (Å²) >= 11 is 1.85. The molecule has 1 aliphatic rings. The molecule has 18 heavy (non-hydrogen) atoms. The van der Waals surface area contributed by atoms with Crippen LogP contribution in [0.4, 0.5) is 0 Å². The molecule has 1 saturated carbocycles. The van der Waals surface area contributed by atoms with E-state index in [1.807, 2.05) is 11.3 Å². The van der Waals surface area contributed by atoms with Crippen LogP contribution in [0.3, 0.4) is 0 Å². The van der Waals surface area contributed by atoms with Gasteiger partial charge in [0.25, 0.3) is 0 Å². The lowest BCUT2D eigenvalue weighted by Gasteiger charge is -2.36. The minimum atomic E-state index is 0.805. The Bertz CT molecular complexity index is 318. The summed E-state index contributed by atoms with van der Waals surface area (Å²) in [5.74, 6) is 2.62. The summed E-state index contributed by atoms with van der Waals surface area (Å²) < 4.78 is 0. The van der Waals surface area contributed by atoms with Crippen molar-refractivity contribution in [3.8, 4) is 0 Å². The number of hydrogen-bond acceptors (Lipinski definition) is 2. The highest BCUT2D eigenvalue weighted by molar-refractivity contribution is 7.07. The van der Waals surface area contributed by atoms with Crippen molar-refractivity contribution >= 4 is 11.3 Å². The Kier molecular flexibility index (Phi) is 5.71. The Labute approximate surface area is 116 Å². The third kappa shape index (κ3) is 3.58. The first kappa shape index (κ1) is 14.1. The molecular formula is C16H27NS. The van der Waals surface area contributed by atoms with Gasteiger partial charge in [0.1, 0.15) is 0 Å².